The number of ether oxygens (including phenoxy) is 2. The van der Waals surface area contributed by atoms with E-state index < -0.39 is 22.5 Å². The predicted molar refractivity (Wildman–Crippen MR) is 126 cm³/mol. The maximum Gasteiger partial charge on any atom is 0.264 e. The molecule has 1 aliphatic heterocycles. The number of carbonyl (C=O) groups is 1. The van der Waals surface area contributed by atoms with Crippen molar-refractivity contribution in [3.05, 3.63) is 83.4 Å². The molecule has 1 heterocycles. The Morgan fingerprint density at radius 2 is 1.67 bits per heavy atom. The minimum absolute atomic E-state index is 0.0904. The van der Waals surface area contributed by atoms with Gasteiger partial charge in [-0.15, -0.1) is 0 Å². The molecular formula is C24H23ClN2O5S. The van der Waals surface area contributed by atoms with Crippen LogP contribution in [0.15, 0.2) is 77.7 Å². The van der Waals surface area contributed by atoms with Gasteiger partial charge in [-0.25, -0.2) is 8.42 Å². The standard InChI is InChI=1S/C24H23ClN2O5S/c1-17(18-7-12-22-23(15-18)32-14-13-31-22)26-24(28)16-27(20-10-8-19(25)9-11-20)33(29,30)21-5-3-2-4-6-21/h2-12,15,17H,13-14,16H2,1H3,(H,26,28)/t17-/m0/s1. The van der Waals surface area contributed by atoms with Crippen LogP contribution in [0.1, 0.15) is 18.5 Å². The second-order valence-electron chi connectivity index (χ2n) is 7.49. The number of rotatable bonds is 7. The zero-order valence-corrected chi connectivity index (χ0v) is 19.5. The number of sulfonamides is 1. The van der Waals surface area contributed by atoms with E-state index in [-0.39, 0.29) is 10.9 Å². The highest BCUT2D eigenvalue weighted by Gasteiger charge is 2.27. The third-order valence-electron chi connectivity index (χ3n) is 5.18. The normalized spacial score (nSPS) is 13.8. The van der Waals surface area contributed by atoms with Crippen LogP contribution in [0.3, 0.4) is 0 Å². The molecule has 0 radical (unpaired) electrons. The molecule has 3 aromatic carbocycles. The molecule has 0 saturated heterocycles. The molecule has 0 aromatic heterocycles. The molecule has 0 saturated carbocycles. The first-order valence-corrected chi connectivity index (χ1v) is 12.2. The molecule has 33 heavy (non-hydrogen) atoms. The minimum Gasteiger partial charge on any atom is -0.486 e. The number of amides is 1. The quantitative estimate of drug-likeness (QED) is 0.541. The largest absolute Gasteiger partial charge is 0.486 e. The highest BCUT2D eigenvalue weighted by Crippen LogP contribution is 2.32. The maximum atomic E-state index is 13.4. The van der Waals surface area contributed by atoms with Crippen LogP contribution in [0.5, 0.6) is 11.5 Å². The zero-order valence-electron chi connectivity index (χ0n) is 17.9. The van der Waals surface area contributed by atoms with Crippen LogP contribution in [0, 0.1) is 0 Å². The maximum absolute atomic E-state index is 13.4. The van der Waals surface area contributed by atoms with E-state index in [0.29, 0.717) is 35.4 Å². The minimum atomic E-state index is -3.98. The smallest absolute Gasteiger partial charge is 0.264 e. The van der Waals surface area contributed by atoms with Crippen LogP contribution < -0.4 is 19.1 Å². The lowest BCUT2D eigenvalue weighted by Gasteiger charge is -2.25. The molecule has 0 aliphatic carbocycles. The number of benzene rings is 3. The summed E-state index contributed by atoms with van der Waals surface area (Å²) >= 11 is 5.97. The third-order valence-corrected chi connectivity index (χ3v) is 7.22. The number of nitrogens with one attached hydrogen (secondary N) is 1. The molecule has 9 heteroatoms. The monoisotopic (exact) mass is 486 g/mol. The van der Waals surface area contributed by atoms with Gasteiger partial charge in [0.2, 0.25) is 5.91 Å². The van der Waals surface area contributed by atoms with Crippen molar-refractivity contribution in [1.82, 2.24) is 5.32 Å². The molecular weight excluding hydrogens is 464 g/mol. The molecule has 0 unspecified atom stereocenters. The molecule has 1 atom stereocenters. The van der Waals surface area contributed by atoms with E-state index in [2.05, 4.69) is 5.32 Å². The number of hydrogen-bond acceptors (Lipinski definition) is 5. The summed E-state index contributed by atoms with van der Waals surface area (Å²) in [6.45, 7) is 2.38. The summed E-state index contributed by atoms with van der Waals surface area (Å²) in [4.78, 5) is 13.0. The summed E-state index contributed by atoms with van der Waals surface area (Å²) in [7, 11) is -3.98. The fourth-order valence-electron chi connectivity index (χ4n) is 3.47. The fourth-order valence-corrected chi connectivity index (χ4v) is 5.04. The molecule has 0 bridgehead atoms. The summed E-state index contributed by atoms with van der Waals surface area (Å²) in [6, 6.07) is 19.4. The van der Waals surface area contributed by atoms with E-state index in [1.807, 2.05) is 19.1 Å². The summed E-state index contributed by atoms with van der Waals surface area (Å²) in [5, 5.41) is 3.34. The van der Waals surface area contributed by atoms with Crippen molar-refractivity contribution in [2.45, 2.75) is 17.9 Å². The molecule has 172 valence electrons. The zero-order chi connectivity index (χ0) is 23.4. The molecule has 1 N–H and O–H groups in total. The van der Waals surface area contributed by atoms with E-state index in [9.17, 15) is 13.2 Å². The average Bonchev–Trinajstić information content (AvgIpc) is 2.83. The van der Waals surface area contributed by atoms with Gasteiger partial charge in [-0.1, -0.05) is 35.9 Å². The van der Waals surface area contributed by atoms with E-state index in [1.165, 1.54) is 12.1 Å². The number of fused-ring (bicyclic) bond motifs is 1. The molecule has 0 spiro atoms. The van der Waals surface area contributed by atoms with Crippen molar-refractivity contribution in [3.63, 3.8) is 0 Å². The van der Waals surface area contributed by atoms with Gasteiger partial charge in [0, 0.05) is 5.02 Å². The van der Waals surface area contributed by atoms with E-state index in [1.54, 1.807) is 48.5 Å². The Bertz CT molecular complexity index is 1230. The number of carbonyl (C=O) groups excluding carboxylic acids is 1. The summed E-state index contributed by atoms with van der Waals surface area (Å²) < 4.78 is 38.9. The molecule has 3 aromatic rings. The van der Waals surface area contributed by atoms with Gasteiger partial charge >= 0.3 is 0 Å². The third kappa shape index (κ3) is 5.23. The molecule has 4 rings (SSSR count). The summed E-state index contributed by atoms with van der Waals surface area (Å²) in [6.07, 6.45) is 0. The Morgan fingerprint density at radius 3 is 2.36 bits per heavy atom. The van der Waals surface area contributed by atoms with Gasteiger partial charge in [0.05, 0.1) is 16.6 Å². The highest BCUT2D eigenvalue weighted by atomic mass is 35.5. The Hall–Kier alpha value is -3.23. The van der Waals surface area contributed by atoms with Crippen molar-refractivity contribution in [3.8, 4) is 11.5 Å². The van der Waals surface area contributed by atoms with E-state index in [0.717, 1.165) is 9.87 Å². The first kappa shape index (κ1) is 22.9. The van der Waals surface area contributed by atoms with Gasteiger partial charge in [-0.05, 0) is 61.0 Å². The summed E-state index contributed by atoms with van der Waals surface area (Å²) in [5.41, 5.74) is 1.15. The first-order valence-electron chi connectivity index (χ1n) is 10.4. The van der Waals surface area contributed by atoms with Gasteiger partial charge in [-0.2, -0.15) is 0 Å². The highest BCUT2D eigenvalue weighted by molar-refractivity contribution is 7.92. The van der Waals surface area contributed by atoms with Crippen molar-refractivity contribution < 1.29 is 22.7 Å². The van der Waals surface area contributed by atoms with Gasteiger partial charge in [-0.3, -0.25) is 9.10 Å². The van der Waals surface area contributed by atoms with Crippen molar-refractivity contribution >= 4 is 33.2 Å². The topological polar surface area (TPSA) is 84.9 Å². The number of anilines is 1. The number of halogens is 1. The van der Waals surface area contributed by atoms with Crippen LogP contribution in [0.4, 0.5) is 5.69 Å². The molecule has 0 fully saturated rings. The predicted octanol–water partition coefficient (Wildman–Crippen LogP) is 4.18. The lowest BCUT2D eigenvalue weighted by atomic mass is 10.1. The van der Waals surface area contributed by atoms with Gasteiger partial charge in [0.25, 0.3) is 10.0 Å². The Morgan fingerprint density at radius 1 is 1.00 bits per heavy atom. The lowest BCUT2D eigenvalue weighted by Crippen LogP contribution is -2.41. The lowest BCUT2D eigenvalue weighted by molar-refractivity contribution is -0.120. The van der Waals surface area contributed by atoms with E-state index >= 15 is 0 Å². The Kier molecular flexibility index (Phi) is 6.76. The van der Waals surface area contributed by atoms with Crippen molar-refractivity contribution in [1.29, 1.82) is 0 Å². The Balaban J connectivity index is 1.56. The number of hydrogen-bond donors (Lipinski definition) is 1. The van der Waals surface area contributed by atoms with Gasteiger partial charge in [0.15, 0.2) is 11.5 Å². The Labute approximate surface area is 197 Å². The van der Waals surface area contributed by atoms with Crippen LogP contribution in [-0.4, -0.2) is 34.1 Å². The SMILES string of the molecule is C[C@H](NC(=O)CN(c1ccc(Cl)cc1)S(=O)(=O)c1ccccc1)c1ccc2c(c1)OCCO2. The van der Waals surface area contributed by atoms with Gasteiger partial charge < -0.3 is 14.8 Å². The average molecular weight is 487 g/mol. The van der Waals surface area contributed by atoms with Crippen molar-refractivity contribution in [2.24, 2.45) is 0 Å². The number of nitrogens with zero attached hydrogens (tertiary/aromatic N) is 1. The van der Waals surface area contributed by atoms with Crippen LogP contribution in [-0.2, 0) is 14.8 Å². The van der Waals surface area contributed by atoms with Crippen LogP contribution in [0.25, 0.3) is 0 Å². The second kappa shape index (κ2) is 9.72. The second-order valence-corrected chi connectivity index (χ2v) is 9.79. The van der Waals surface area contributed by atoms with Crippen LogP contribution >= 0.6 is 11.6 Å². The molecule has 7 nitrogen and oxygen atoms in total. The van der Waals surface area contributed by atoms with E-state index in [4.69, 9.17) is 21.1 Å². The van der Waals surface area contributed by atoms with Crippen molar-refractivity contribution in [2.75, 3.05) is 24.1 Å². The van der Waals surface area contributed by atoms with Crippen LogP contribution in [0.2, 0.25) is 5.02 Å². The first-order chi connectivity index (χ1) is 15.8. The molecule has 1 aliphatic rings. The molecule has 1 amide bonds. The fraction of sp³-hybridized carbons (Fsp3) is 0.208. The summed E-state index contributed by atoms with van der Waals surface area (Å²) in [5.74, 6) is 0.826. The van der Waals surface area contributed by atoms with Gasteiger partial charge in [0.1, 0.15) is 19.8 Å².